The Balaban J connectivity index is 1.26. The van der Waals surface area contributed by atoms with E-state index in [1.807, 2.05) is 36.4 Å². The summed E-state index contributed by atoms with van der Waals surface area (Å²) in [6.45, 7) is 0.411. The zero-order valence-electron chi connectivity index (χ0n) is 19.9. The van der Waals surface area contributed by atoms with E-state index in [-0.39, 0.29) is 37.4 Å². The van der Waals surface area contributed by atoms with Crippen molar-refractivity contribution in [3.05, 3.63) is 59.7 Å². The highest BCUT2D eigenvalue weighted by molar-refractivity contribution is 5.82. The lowest BCUT2D eigenvalue weighted by Gasteiger charge is -2.29. The van der Waals surface area contributed by atoms with Crippen molar-refractivity contribution in [3.63, 3.8) is 0 Å². The first-order valence-electron chi connectivity index (χ1n) is 12.1. The number of hydrogen-bond acceptors (Lipinski definition) is 5. The van der Waals surface area contributed by atoms with Gasteiger partial charge in [0.1, 0.15) is 6.61 Å². The highest BCUT2D eigenvalue weighted by atomic mass is 16.5. The van der Waals surface area contributed by atoms with Gasteiger partial charge in [0.05, 0.1) is 12.5 Å². The number of benzene rings is 2. The molecule has 0 aliphatic heterocycles. The molecule has 0 heterocycles. The maximum absolute atomic E-state index is 12.6. The number of fused-ring (bicyclic) bond motifs is 3. The number of aliphatic carboxylic acids is 1. The maximum Gasteiger partial charge on any atom is 0.407 e. The number of nitrogens with one attached hydrogen (secondary N) is 2. The van der Waals surface area contributed by atoms with Crippen molar-refractivity contribution in [2.75, 3.05) is 26.8 Å². The molecule has 0 spiro atoms. The van der Waals surface area contributed by atoms with Crippen LogP contribution in [0.1, 0.15) is 42.7 Å². The highest BCUT2D eigenvalue weighted by Crippen LogP contribution is 2.44. The van der Waals surface area contributed by atoms with Gasteiger partial charge in [0.25, 0.3) is 5.91 Å². The Hall–Kier alpha value is -3.39. The fraction of sp³-hybridized carbons (Fsp3) is 0.444. The van der Waals surface area contributed by atoms with E-state index in [2.05, 4.69) is 22.8 Å². The number of amides is 2. The van der Waals surface area contributed by atoms with E-state index in [4.69, 9.17) is 9.47 Å². The molecule has 8 heteroatoms. The van der Waals surface area contributed by atoms with Crippen LogP contribution in [0.15, 0.2) is 48.5 Å². The average Bonchev–Trinajstić information content (AvgIpc) is 3.20. The molecule has 35 heavy (non-hydrogen) atoms. The Bertz CT molecular complexity index is 1030. The highest BCUT2D eigenvalue weighted by Gasteiger charge is 2.32. The van der Waals surface area contributed by atoms with E-state index in [1.54, 1.807) is 0 Å². The van der Waals surface area contributed by atoms with Crippen LogP contribution < -0.4 is 10.6 Å². The minimum atomic E-state index is -0.901. The molecule has 8 nitrogen and oxygen atoms in total. The van der Waals surface area contributed by atoms with Crippen LogP contribution >= 0.6 is 0 Å². The number of rotatable bonds is 9. The van der Waals surface area contributed by atoms with Gasteiger partial charge < -0.3 is 25.2 Å². The molecule has 0 aromatic heterocycles. The van der Waals surface area contributed by atoms with Gasteiger partial charge in [-0.3, -0.25) is 9.59 Å². The van der Waals surface area contributed by atoms with Crippen molar-refractivity contribution < 1.29 is 29.0 Å². The van der Waals surface area contributed by atoms with E-state index >= 15 is 0 Å². The van der Waals surface area contributed by atoms with E-state index < -0.39 is 24.1 Å². The van der Waals surface area contributed by atoms with Gasteiger partial charge in [0, 0.05) is 19.6 Å². The van der Waals surface area contributed by atoms with Crippen LogP contribution in [0.3, 0.4) is 0 Å². The molecule has 2 aliphatic rings. The summed E-state index contributed by atoms with van der Waals surface area (Å²) in [5.74, 6) is -1.79. The van der Waals surface area contributed by atoms with Crippen molar-refractivity contribution in [3.8, 4) is 11.1 Å². The molecule has 3 N–H and O–H groups in total. The molecular formula is C27H32N2O6. The average molecular weight is 481 g/mol. The molecule has 0 radical (unpaired) electrons. The number of carbonyl (C=O) groups excluding carboxylic acids is 2. The largest absolute Gasteiger partial charge is 0.481 e. The molecule has 2 aromatic carbocycles. The van der Waals surface area contributed by atoms with Gasteiger partial charge in [-0.15, -0.1) is 0 Å². The number of hydrogen-bond donors (Lipinski definition) is 3. The number of carbonyl (C=O) groups is 3. The standard InChI is InChI=1S/C27H32N2O6/c1-34-24(25(30)28-14-17-8-2-3-9-18(17)26(31)32)15-29-27(33)35-16-23-21-12-6-4-10-19(21)20-11-5-7-13-22(20)23/h4-7,10-13,17-18,23-24H,2-3,8-9,14-16H2,1H3,(H,28,30)(H,29,33)(H,31,32)/t17-,18-,24?/m0/s1. The van der Waals surface area contributed by atoms with Gasteiger partial charge in [0.2, 0.25) is 0 Å². The first-order valence-corrected chi connectivity index (χ1v) is 12.1. The fourth-order valence-corrected chi connectivity index (χ4v) is 5.23. The fourth-order valence-electron chi connectivity index (χ4n) is 5.23. The summed E-state index contributed by atoms with van der Waals surface area (Å²) < 4.78 is 10.8. The van der Waals surface area contributed by atoms with Crippen LogP contribution in [0.5, 0.6) is 0 Å². The van der Waals surface area contributed by atoms with Gasteiger partial charge in [-0.2, -0.15) is 0 Å². The number of ether oxygens (including phenoxy) is 2. The summed E-state index contributed by atoms with van der Waals surface area (Å²) in [5.41, 5.74) is 4.55. The molecule has 1 fully saturated rings. The Morgan fingerprint density at radius 3 is 2.23 bits per heavy atom. The van der Waals surface area contributed by atoms with Crippen molar-refractivity contribution in [1.82, 2.24) is 10.6 Å². The first-order chi connectivity index (χ1) is 17.0. The third-order valence-corrected chi connectivity index (χ3v) is 7.12. The smallest absolute Gasteiger partial charge is 0.407 e. The Morgan fingerprint density at radius 1 is 0.971 bits per heavy atom. The monoisotopic (exact) mass is 480 g/mol. The lowest BCUT2D eigenvalue weighted by molar-refractivity contribution is -0.145. The topological polar surface area (TPSA) is 114 Å². The molecule has 2 amide bonds. The van der Waals surface area contributed by atoms with Crippen molar-refractivity contribution in [1.29, 1.82) is 0 Å². The summed E-state index contributed by atoms with van der Waals surface area (Å²) in [6.07, 6.45) is 1.73. The van der Waals surface area contributed by atoms with Crippen LogP contribution in [-0.2, 0) is 19.1 Å². The van der Waals surface area contributed by atoms with Gasteiger partial charge in [0.15, 0.2) is 6.10 Å². The first kappa shape index (κ1) is 24.7. The second-order valence-electron chi connectivity index (χ2n) is 9.17. The Morgan fingerprint density at radius 2 is 1.60 bits per heavy atom. The molecule has 0 saturated heterocycles. The van der Waals surface area contributed by atoms with Gasteiger partial charge in [-0.1, -0.05) is 61.4 Å². The zero-order valence-corrected chi connectivity index (χ0v) is 19.9. The lowest BCUT2D eigenvalue weighted by Crippen LogP contribution is -2.46. The van der Waals surface area contributed by atoms with Gasteiger partial charge in [-0.25, -0.2) is 4.79 Å². The molecule has 2 aliphatic carbocycles. The maximum atomic E-state index is 12.6. The summed E-state index contributed by atoms with van der Waals surface area (Å²) >= 11 is 0. The predicted molar refractivity (Wildman–Crippen MR) is 130 cm³/mol. The molecule has 1 unspecified atom stereocenters. The van der Waals surface area contributed by atoms with Crippen molar-refractivity contribution in [2.45, 2.75) is 37.7 Å². The molecule has 186 valence electrons. The second-order valence-corrected chi connectivity index (χ2v) is 9.17. The van der Waals surface area contributed by atoms with Crippen molar-refractivity contribution >= 4 is 18.0 Å². The normalized spacial score (nSPS) is 19.8. The Labute approximate surface area is 205 Å². The van der Waals surface area contributed by atoms with Crippen LogP contribution in [-0.4, -0.2) is 56.0 Å². The predicted octanol–water partition coefficient (Wildman–Crippen LogP) is 3.55. The van der Waals surface area contributed by atoms with E-state index in [0.29, 0.717) is 6.42 Å². The van der Waals surface area contributed by atoms with E-state index in [9.17, 15) is 19.5 Å². The third kappa shape index (κ3) is 5.65. The number of methoxy groups -OCH3 is 1. The summed E-state index contributed by atoms with van der Waals surface area (Å²) in [6, 6.07) is 16.2. The third-order valence-electron chi connectivity index (χ3n) is 7.12. The summed E-state index contributed by atoms with van der Waals surface area (Å²) in [7, 11) is 1.39. The zero-order chi connectivity index (χ0) is 24.8. The van der Waals surface area contributed by atoms with Crippen LogP contribution in [0.4, 0.5) is 4.79 Å². The minimum Gasteiger partial charge on any atom is -0.481 e. The van der Waals surface area contributed by atoms with Gasteiger partial charge >= 0.3 is 12.1 Å². The molecule has 0 bridgehead atoms. The number of alkyl carbamates (subject to hydrolysis) is 1. The number of carboxylic acids is 1. The molecule has 3 atom stereocenters. The summed E-state index contributed by atoms with van der Waals surface area (Å²) in [4.78, 5) is 36.4. The minimum absolute atomic E-state index is 0.0488. The Kier molecular flexibility index (Phi) is 8.02. The lowest BCUT2D eigenvalue weighted by atomic mass is 9.79. The molecular weight excluding hydrogens is 448 g/mol. The van der Waals surface area contributed by atoms with Crippen LogP contribution in [0.25, 0.3) is 11.1 Å². The van der Waals surface area contributed by atoms with Crippen LogP contribution in [0.2, 0.25) is 0 Å². The quantitative estimate of drug-likeness (QED) is 0.506. The molecule has 1 saturated carbocycles. The van der Waals surface area contributed by atoms with Gasteiger partial charge in [-0.05, 0) is 41.0 Å². The van der Waals surface area contributed by atoms with Crippen LogP contribution in [0, 0.1) is 11.8 Å². The van der Waals surface area contributed by atoms with E-state index in [1.165, 1.54) is 7.11 Å². The SMILES string of the molecule is COC(CNC(=O)OCC1c2ccccc2-c2ccccc21)C(=O)NC[C@@H]1CCCC[C@@H]1C(=O)O. The number of carboxylic acid groups (broad SMARTS) is 1. The molecule has 4 rings (SSSR count). The summed E-state index contributed by atoms with van der Waals surface area (Å²) in [5, 5.41) is 14.8. The molecule has 2 aromatic rings. The van der Waals surface area contributed by atoms with Crippen molar-refractivity contribution in [2.24, 2.45) is 11.8 Å². The van der Waals surface area contributed by atoms with E-state index in [0.717, 1.165) is 41.5 Å². The second kappa shape index (κ2) is 11.4.